The lowest BCUT2D eigenvalue weighted by molar-refractivity contribution is -0.127. The average molecular weight is 565 g/mol. The van der Waals surface area contributed by atoms with E-state index in [1.54, 1.807) is 6.08 Å². The summed E-state index contributed by atoms with van der Waals surface area (Å²) in [5.41, 5.74) is 11.2. The molecule has 42 heavy (non-hydrogen) atoms. The molecule has 8 nitrogen and oxygen atoms in total. The van der Waals surface area contributed by atoms with Crippen molar-refractivity contribution in [2.45, 2.75) is 50.7 Å². The molecule has 0 saturated carbocycles. The number of H-pyrrole nitrogens is 1. The van der Waals surface area contributed by atoms with Crippen molar-refractivity contribution < 1.29 is 9.53 Å². The number of amides is 1. The Morgan fingerprint density at radius 1 is 1.14 bits per heavy atom. The van der Waals surface area contributed by atoms with Gasteiger partial charge in [-0.05, 0) is 95.7 Å². The Balaban J connectivity index is 1.40. The molecule has 1 fully saturated rings. The highest BCUT2D eigenvalue weighted by Crippen LogP contribution is 2.43. The van der Waals surface area contributed by atoms with Crippen molar-refractivity contribution in [2.24, 2.45) is 5.73 Å². The van der Waals surface area contributed by atoms with Gasteiger partial charge in [-0.2, -0.15) is 5.26 Å². The minimum absolute atomic E-state index is 0.00235. The summed E-state index contributed by atoms with van der Waals surface area (Å²) >= 11 is 0. The standard InChI is InChI=1S/C34H40N6O2/c1-34(2,38(3)4)21-24(22-35)33(41)40-19-9-10-25(40)20-29-31-28(17-18-37-31)30(36)32(39(29)5)23-13-15-27(16-14-23)42-26-11-7-6-8-12-26/h6-8,11-18,21,25,29,37H,9-10,19-20,36H2,1-5H3. The third kappa shape index (κ3) is 5.65. The molecule has 3 N–H and O–H groups in total. The van der Waals surface area contributed by atoms with Crippen LogP contribution in [0.5, 0.6) is 11.5 Å². The summed E-state index contributed by atoms with van der Waals surface area (Å²) in [6, 6.07) is 21.9. The van der Waals surface area contributed by atoms with E-state index in [2.05, 4.69) is 23.0 Å². The Bertz CT molecular complexity index is 1530. The largest absolute Gasteiger partial charge is 0.457 e. The number of carbonyl (C=O) groups is 1. The number of hydrogen-bond acceptors (Lipinski definition) is 6. The Kier molecular flexibility index (Phi) is 8.15. The summed E-state index contributed by atoms with van der Waals surface area (Å²) < 4.78 is 6.00. The number of aromatic amines is 1. The van der Waals surface area contributed by atoms with Crippen LogP contribution in [-0.4, -0.2) is 64.9 Å². The van der Waals surface area contributed by atoms with Gasteiger partial charge in [0.25, 0.3) is 5.91 Å². The van der Waals surface area contributed by atoms with Gasteiger partial charge < -0.3 is 30.2 Å². The third-order valence-electron chi connectivity index (χ3n) is 8.72. The molecule has 3 heterocycles. The predicted molar refractivity (Wildman–Crippen MR) is 166 cm³/mol. The summed E-state index contributed by atoms with van der Waals surface area (Å²) in [5, 5.41) is 9.92. The molecule has 1 saturated heterocycles. The van der Waals surface area contributed by atoms with Gasteiger partial charge in [-0.25, -0.2) is 0 Å². The number of ether oxygens (including phenoxy) is 1. The van der Waals surface area contributed by atoms with Crippen LogP contribution in [0, 0.1) is 11.3 Å². The van der Waals surface area contributed by atoms with Crippen molar-refractivity contribution >= 4 is 17.3 Å². The molecule has 218 valence electrons. The number of likely N-dealkylation sites (N-methyl/N-ethyl adjacent to an activating group) is 1. The highest BCUT2D eigenvalue weighted by atomic mass is 16.5. The Hall–Kier alpha value is -4.48. The lowest BCUT2D eigenvalue weighted by Crippen LogP contribution is -2.41. The predicted octanol–water partition coefficient (Wildman–Crippen LogP) is 5.75. The van der Waals surface area contributed by atoms with Crippen LogP contribution in [0.3, 0.4) is 0 Å². The third-order valence-corrected chi connectivity index (χ3v) is 8.72. The number of nitrogens with zero attached hydrogens (tertiary/aromatic N) is 4. The first-order chi connectivity index (χ1) is 20.1. The first kappa shape index (κ1) is 29.0. The summed E-state index contributed by atoms with van der Waals surface area (Å²) in [7, 11) is 5.95. The SMILES string of the molecule is CN1C(c2ccc(Oc3ccccc3)cc2)=C(N)c2cc[nH]c2C1CC1CCCN1C(=O)C(C#N)=CC(C)(C)N(C)C. The molecule has 1 amide bonds. The maximum absolute atomic E-state index is 13.7. The monoisotopic (exact) mass is 564 g/mol. The van der Waals surface area contributed by atoms with Gasteiger partial charge in [0, 0.05) is 48.2 Å². The van der Waals surface area contributed by atoms with Crippen molar-refractivity contribution in [3.8, 4) is 17.6 Å². The fraction of sp³-hybridized carbons (Fsp3) is 0.353. The molecule has 0 bridgehead atoms. The fourth-order valence-corrected chi connectivity index (χ4v) is 5.89. The lowest BCUT2D eigenvalue weighted by atomic mass is 9.91. The van der Waals surface area contributed by atoms with Crippen molar-refractivity contribution in [1.82, 2.24) is 19.7 Å². The quantitative estimate of drug-likeness (QED) is 0.267. The summed E-state index contributed by atoms with van der Waals surface area (Å²) in [6.07, 6.45) is 6.23. The van der Waals surface area contributed by atoms with Gasteiger partial charge >= 0.3 is 0 Å². The number of nitrogens with two attached hydrogens (primary N) is 1. The normalized spacial score (nSPS) is 19.2. The highest BCUT2D eigenvalue weighted by molar-refractivity contribution is 5.98. The van der Waals surface area contributed by atoms with E-state index in [9.17, 15) is 10.1 Å². The molecule has 2 atom stereocenters. The van der Waals surface area contributed by atoms with Crippen LogP contribution in [0.15, 0.2) is 78.5 Å². The van der Waals surface area contributed by atoms with E-state index in [0.29, 0.717) is 12.2 Å². The number of likely N-dealkylation sites (tertiary alicyclic amines) is 1. The van der Waals surface area contributed by atoms with Crippen LogP contribution in [0.1, 0.15) is 56.0 Å². The maximum Gasteiger partial charge on any atom is 0.264 e. The molecule has 2 aliphatic rings. The van der Waals surface area contributed by atoms with Crippen LogP contribution in [-0.2, 0) is 4.79 Å². The van der Waals surface area contributed by atoms with E-state index >= 15 is 0 Å². The number of benzene rings is 2. The Morgan fingerprint density at radius 3 is 2.50 bits per heavy atom. The minimum Gasteiger partial charge on any atom is -0.457 e. The van der Waals surface area contributed by atoms with Crippen molar-refractivity contribution in [3.05, 3.63) is 95.3 Å². The molecule has 2 unspecified atom stereocenters. The lowest BCUT2D eigenvalue weighted by Gasteiger charge is -2.39. The first-order valence-corrected chi connectivity index (χ1v) is 14.5. The molecule has 0 radical (unpaired) electrons. The van der Waals surface area contributed by atoms with E-state index in [1.807, 2.05) is 105 Å². The number of para-hydroxylation sites is 1. The number of nitriles is 1. The second-order valence-corrected chi connectivity index (χ2v) is 11.9. The van der Waals surface area contributed by atoms with Crippen molar-refractivity contribution in [2.75, 3.05) is 27.7 Å². The van der Waals surface area contributed by atoms with Crippen molar-refractivity contribution in [3.63, 3.8) is 0 Å². The van der Waals surface area contributed by atoms with Crippen LogP contribution in [0.25, 0.3) is 11.4 Å². The van der Waals surface area contributed by atoms with Gasteiger partial charge in [-0.15, -0.1) is 0 Å². The van der Waals surface area contributed by atoms with Gasteiger partial charge in [-0.3, -0.25) is 4.79 Å². The van der Waals surface area contributed by atoms with E-state index in [1.165, 1.54) is 0 Å². The zero-order valence-electron chi connectivity index (χ0n) is 25.1. The molecule has 0 spiro atoms. The topological polar surface area (TPSA) is 102 Å². The number of hydrogen-bond donors (Lipinski definition) is 2. The molecular formula is C34H40N6O2. The molecule has 1 aromatic heterocycles. The minimum atomic E-state index is -0.419. The molecule has 2 aromatic carbocycles. The van der Waals surface area contributed by atoms with E-state index in [-0.39, 0.29) is 23.6 Å². The van der Waals surface area contributed by atoms with Gasteiger partial charge in [-0.1, -0.05) is 18.2 Å². The summed E-state index contributed by atoms with van der Waals surface area (Å²) in [5.74, 6) is 1.34. The number of aromatic nitrogens is 1. The van der Waals surface area contributed by atoms with Gasteiger partial charge in [0.05, 0.1) is 17.4 Å². The number of rotatable bonds is 8. The Labute approximate surface area is 248 Å². The van der Waals surface area contributed by atoms with Crippen molar-refractivity contribution in [1.29, 1.82) is 5.26 Å². The van der Waals surface area contributed by atoms with Crippen LogP contribution < -0.4 is 10.5 Å². The summed E-state index contributed by atoms with van der Waals surface area (Å²) in [4.78, 5) is 23.2. The molecule has 0 aliphatic carbocycles. The molecule has 2 aliphatic heterocycles. The second kappa shape index (κ2) is 11.8. The van der Waals surface area contributed by atoms with Crippen LogP contribution in [0.4, 0.5) is 0 Å². The number of carbonyl (C=O) groups excluding carboxylic acids is 1. The smallest absolute Gasteiger partial charge is 0.264 e. The van der Waals surface area contributed by atoms with Gasteiger partial charge in [0.1, 0.15) is 23.1 Å². The molecule has 3 aromatic rings. The highest BCUT2D eigenvalue weighted by Gasteiger charge is 2.38. The summed E-state index contributed by atoms with van der Waals surface area (Å²) in [6.45, 7) is 4.65. The zero-order valence-corrected chi connectivity index (χ0v) is 25.1. The fourth-order valence-electron chi connectivity index (χ4n) is 5.89. The average Bonchev–Trinajstić information content (AvgIpc) is 3.65. The van der Waals surface area contributed by atoms with E-state index in [4.69, 9.17) is 10.5 Å². The Morgan fingerprint density at radius 2 is 1.83 bits per heavy atom. The van der Waals surface area contributed by atoms with Gasteiger partial charge in [0.15, 0.2) is 0 Å². The maximum atomic E-state index is 13.7. The molecular weight excluding hydrogens is 524 g/mol. The molecule has 5 rings (SSSR count). The van der Waals surface area contributed by atoms with Crippen LogP contribution in [0.2, 0.25) is 0 Å². The number of nitrogens with one attached hydrogen (secondary N) is 1. The van der Waals surface area contributed by atoms with Gasteiger partial charge in [0.2, 0.25) is 0 Å². The van der Waals surface area contributed by atoms with Crippen LogP contribution >= 0.6 is 0 Å². The first-order valence-electron chi connectivity index (χ1n) is 14.5. The molecule has 8 heteroatoms. The second-order valence-electron chi connectivity index (χ2n) is 11.9. The van der Waals surface area contributed by atoms with E-state index in [0.717, 1.165) is 53.3 Å². The number of fused-ring (bicyclic) bond motifs is 1. The zero-order chi connectivity index (χ0) is 30.0. The van der Waals surface area contributed by atoms with E-state index < -0.39 is 5.54 Å².